The first-order chi connectivity index (χ1) is 14.8. The minimum absolute atomic E-state index is 0.000189. The Morgan fingerprint density at radius 1 is 1.19 bits per heavy atom. The lowest BCUT2D eigenvalue weighted by Gasteiger charge is -2.33. The minimum atomic E-state index is -0.566. The fourth-order valence-corrected chi connectivity index (χ4v) is 3.96. The lowest BCUT2D eigenvalue weighted by Crippen LogP contribution is -2.40. The molecule has 1 aromatic heterocycles. The molecule has 31 heavy (non-hydrogen) atoms. The Bertz CT molecular complexity index is 1160. The fraction of sp³-hybridized carbons (Fsp3) is 0.375. The number of hydrogen-bond acceptors (Lipinski definition) is 3. The van der Waals surface area contributed by atoms with Gasteiger partial charge in [0.25, 0.3) is 5.56 Å². The third kappa shape index (κ3) is 4.49. The van der Waals surface area contributed by atoms with Crippen molar-refractivity contribution >= 4 is 28.4 Å². The van der Waals surface area contributed by atoms with Crippen molar-refractivity contribution in [2.75, 3.05) is 6.54 Å². The van der Waals surface area contributed by atoms with E-state index in [4.69, 9.17) is 16.6 Å². The largest absolute Gasteiger partial charge is 0.332 e. The third-order valence-electron chi connectivity index (χ3n) is 5.27. The molecule has 0 saturated carbocycles. The van der Waals surface area contributed by atoms with Crippen LogP contribution >= 0.6 is 11.6 Å². The molecule has 0 fully saturated rings. The number of rotatable bonds is 7. The molecule has 0 aliphatic carbocycles. The van der Waals surface area contributed by atoms with Crippen LogP contribution in [0.3, 0.4) is 0 Å². The average Bonchev–Trinajstić information content (AvgIpc) is 2.75. The molecule has 0 spiro atoms. The van der Waals surface area contributed by atoms with Crippen LogP contribution in [0, 0.1) is 11.7 Å². The lowest BCUT2D eigenvalue weighted by molar-refractivity contribution is -0.137. The summed E-state index contributed by atoms with van der Waals surface area (Å²) in [4.78, 5) is 33.2. The molecule has 0 N–H and O–H groups in total. The van der Waals surface area contributed by atoms with Crippen molar-refractivity contribution in [3.8, 4) is 5.69 Å². The van der Waals surface area contributed by atoms with Crippen molar-refractivity contribution < 1.29 is 9.18 Å². The number of hydrogen-bond donors (Lipinski definition) is 0. The monoisotopic (exact) mass is 443 g/mol. The highest BCUT2D eigenvalue weighted by molar-refractivity contribution is 6.30. The highest BCUT2D eigenvalue weighted by atomic mass is 35.5. The van der Waals surface area contributed by atoms with Crippen molar-refractivity contribution in [2.45, 2.75) is 46.6 Å². The Morgan fingerprint density at radius 2 is 1.90 bits per heavy atom. The first-order valence-electron chi connectivity index (χ1n) is 10.6. The number of para-hydroxylation sites is 1. The maximum atomic E-state index is 13.8. The predicted octanol–water partition coefficient (Wildman–Crippen LogP) is 5.52. The highest BCUT2D eigenvalue weighted by Gasteiger charge is 2.29. The number of benzene rings is 2. The van der Waals surface area contributed by atoms with Gasteiger partial charge in [0, 0.05) is 12.5 Å². The standard InChI is InChI=1S/C24H27ClFN3O2/c1-5-13-28(23(30)15(3)4)21(6-2)22-27-20-10-8-7-9-17(20)24(31)29(22)16-11-12-19(26)18(25)14-16/h7-12,14-15,21H,5-6,13H2,1-4H3. The molecule has 1 heterocycles. The zero-order valence-electron chi connectivity index (χ0n) is 18.2. The van der Waals surface area contributed by atoms with Crippen LogP contribution in [0.25, 0.3) is 16.6 Å². The maximum absolute atomic E-state index is 13.8. The van der Waals surface area contributed by atoms with Gasteiger partial charge in [-0.25, -0.2) is 9.37 Å². The molecular weight excluding hydrogens is 417 g/mol. The molecule has 0 bridgehead atoms. The number of fused-ring (bicyclic) bond motifs is 1. The van der Waals surface area contributed by atoms with E-state index in [1.54, 1.807) is 23.1 Å². The first-order valence-corrected chi connectivity index (χ1v) is 11.0. The van der Waals surface area contributed by atoms with Crippen LogP contribution in [0.2, 0.25) is 5.02 Å². The smallest absolute Gasteiger partial charge is 0.266 e. The van der Waals surface area contributed by atoms with Crippen LogP contribution in [0.15, 0.2) is 47.3 Å². The van der Waals surface area contributed by atoms with Crippen molar-refractivity contribution in [2.24, 2.45) is 5.92 Å². The second-order valence-corrected chi connectivity index (χ2v) is 8.24. The molecule has 2 aromatic carbocycles. The Kier molecular flexibility index (Phi) is 7.11. The maximum Gasteiger partial charge on any atom is 0.266 e. The molecule has 0 aliphatic rings. The fourth-order valence-electron chi connectivity index (χ4n) is 3.78. The van der Waals surface area contributed by atoms with E-state index in [0.29, 0.717) is 35.4 Å². The molecule has 0 radical (unpaired) electrons. The minimum Gasteiger partial charge on any atom is -0.332 e. The number of carbonyl (C=O) groups excluding carboxylic acids is 1. The molecule has 164 valence electrons. The van der Waals surface area contributed by atoms with Gasteiger partial charge in [0.1, 0.15) is 11.6 Å². The van der Waals surface area contributed by atoms with Crippen molar-refractivity contribution in [3.05, 3.63) is 69.5 Å². The van der Waals surface area contributed by atoms with E-state index in [0.717, 1.165) is 6.42 Å². The Balaban J connectivity index is 2.34. The summed E-state index contributed by atoms with van der Waals surface area (Å²) in [7, 11) is 0. The Morgan fingerprint density at radius 3 is 2.52 bits per heavy atom. The number of aromatic nitrogens is 2. The number of nitrogens with zero attached hydrogens (tertiary/aromatic N) is 3. The van der Waals surface area contributed by atoms with E-state index < -0.39 is 11.9 Å². The van der Waals surface area contributed by atoms with Crippen LogP contribution in [-0.2, 0) is 4.79 Å². The van der Waals surface area contributed by atoms with Crippen molar-refractivity contribution in [3.63, 3.8) is 0 Å². The van der Waals surface area contributed by atoms with E-state index in [9.17, 15) is 14.0 Å². The van der Waals surface area contributed by atoms with Crippen LogP contribution in [-0.4, -0.2) is 26.9 Å². The summed E-state index contributed by atoms with van der Waals surface area (Å²) < 4.78 is 15.3. The van der Waals surface area contributed by atoms with Gasteiger partial charge >= 0.3 is 0 Å². The summed E-state index contributed by atoms with van der Waals surface area (Å²) in [6.07, 6.45) is 1.34. The number of carbonyl (C=O) groups is 1. The van der Waals surface area contributed by atoms with E-state index in [-0.39, 0.29) is 22.4 Å². The molecule has 3 aromatic rings. The first kappa shape index (κ1) is 22.9. The van der Waals surface area contributed by atoms with E-state index in [1.165, 1.54) is 22.8 Å². The van der Waals surface area contributed by atoms with Gasteiger partial charge in [-0.3, -0.25) is 14.2 Å². The second kappa shape index (κ2) is 9.60. The van der Waals surface area contributed by atoms with E-state index in [1.807, 2.05) is 33.8 Å². The number of amides is 1. The quantitative estimate of drug-likeness (QED) is 0.482. The summed E-state index contributed by atoms with van der Waals surface area (Å²) in [6, 6.07) is 10.8. The zero-order valence-corrected chi connectivity index (χ0v) is 19.0. The molecule has 0 aliphatic heterocycles. The number of halogens is 2. The van der Waals surface area contributed by atoms with Crippen LogP contribution in [0.1, 0.15) is 52.4 Å². The van der Waals surface area contributed by atoms with E-state index in [2.05, 4.69) is 0 Å². The van der Waals surface area contributed by atoms with Gasteiger partial charge < -0.3 is 4.90 Å². The highest BCUT2D eigenvalue weighted by Crippen LogP contribution is 2.28. The molecule has 7 heteroatoms. The summed E-state index contributed by atoms with van der Waals surface area (Å²) >= 11 is 6.03. The van der Waals surface area contributed by atoms with Gasteiger partial charge in [-0.05, 0) is 43.2 Å². The van der Waals surface area contributed by atoms with Gasteiger partial charge in [0.15, 0.2) is 0 Å². The zero-order chi connectivity index (χ0) is 22.7. The molecule has 3 rings (SSSR count). The van der Waals surface area contributed by atoms with Gasteiger partial charge in [-0.15, -0.1) is 0 Å². The van der Waals surface area contributed by atoms with Crippen LogP contribution in [0.5, 0.6) is 0 Å². The average molecular weight is 444 g/mol. The van der Waals surface area contributed by atoms with Crippen LogP contribution in [0.4, 0.5) is 4.39 Å². The summed E-state index contributed by atoms with van der Waals surface area (Å²) in [5, 5.41) is 0.360. The Hall–Kier alpha value is -2.73. The summed E-state index contributed by atoms with van der Waals surface area (Å²) in [6.45, 7) is 8.23. The second-order valence-electron chi connectivity index (χ2n) is 7.84. The third-order valence-corrected chi connectivity index (χ3v) is 5.56. The normalized spacial score (nSPS) is 12.4. The van der Waals surface area contributed by atoms with Gasteiger partial charge in [0.2, 0.25) is 5.91 Å². The molecular formula is C24H27ClFN3O2. The summed E-state index contributed by atoms with van der Waals surface area (Å²) in [5.74, 6) is -0.319. The lowest BCUT2D eigenvalue weighted by atomic mass is 10.1. The van der Waals surface area contributed by atoms with Crippen molar-refractivity contribution in [1.82, 2.24) is 14.5 Å². The molecule has 1 unspecified atom stereocenters. The van der Waals surface area contributed by atoms with E-state index >= 15 is 0 Å². The topological polar surface area (TPSA) is 55.2 Å². The van der Waals surface area contributed by atoms with Gasteiger partial charge in [-0.2, -0.15) is 0 Å². The summed E-state index contributed by atoms with van der Waals surface area (Å²) in [5.41, 5.74) is 0.686. The molecule has 0 saturated heterocycles. The molecule has 1 amide bonds. The van der Waals surface area contributed by atoms with Crippen molar-refractivity contribution in [1.29, 1.82) is 0 Å². The van der Waals surface area contributed by atoms with Gasteiger partial charge in [0.05, 0.1) is 27.7 Å². The molecule has 5 nitrogen and oxygen atoms in total. The Labute approximate surface area is 186 Å². The van der Waals surface area contributed by atoms with Gasteiger partial charge in [-0.1, -0.05) is 51.4 Å². The molecule has 1 atom stereocenters. The van der Waals surface area contributed by atoms with Crippen LogP contribution < -0.4 is 5.56 Å². The SMILES string of the molecule is CCCN(C(=O)C(C)C)C(CC)c1nc2ccccc2c(=O)n1-c1ccc(F)c(Cl)c1. The predicted molar refractivity (Wildman–Crippen MR) is 122 cm³/mol.